The molecule has 0 aliphatic carbocycles. The number of nitrogens with zero attached hydrogens (tertiary/aromatic N) is 2. The van der Waals surface area contributed by atoms with Gasteiger partial charge in [0.05, 0.1) is 33.8 Å². The van der Waals surface area contributed by atoms with Crippen molar-refractivity contribution in [2.45, 2.75) is 0 Å². The van der Waals surface area contributed by atoms with Gasteiger partial charge in [-0.05, 0) is 36.4 Å². The Balaban J connectivity index is 1.76. The molecule has 2 aromatic heterocycles. The number of carbonyl (C=O) groups excluding carboxylic acids is 1. The van der Waals surface area contributed by atoms with Crippen molar-refractivity contribution in [2.24, 2.45) is 0 Å². The zero-order valence-electron chi connectivity index (χ0n) is 14.3. The molecule has 27 heavy (non-hydrogen) atoms. The first kappa shape index (κ1) is 18.4. The Morgan fingerprint density at radius 3 is 2.59 bits per heavy atom. The summed E-state index contributed by atoms with van der Waals surface area (Å²) in [5.74, 6) is -0.0738. The Kier molecular flexibility index (Phi) is 5.45. The molecule has 0 spiro atoms. The van der Waals surface area contributed by atoms with Gasteiger partial charge in [-0.2, -0.15) is 0 Å². The molecular weight excluding hydrogens is 403 g/mol. The minimum absolute atomic E-state index is 0.0738. The standard InChI is InChI=1S/C20H16Cl2N2O2S/c21-15-5-4-13(11-16(15)22)19(25)18-12-14(17-3-1-2-6-23-17)20(27-18)24-7-9-26-10-8-24/h1-6,11-12H,7-10H2. The summed E-state index contributed by atoms with van der Waals surface area (Å²) < 4.78 is 5.47. The lowest BCUT2D eigenvalue weighted by atomic mass is 10.1. The van der Waals surface area contributed by atoms with Gasteiger partial charge in [0.1, 0.15) is 5.00 Å². The number of aromatic nitrogens is 1. The summed E-state index contributed by atoms with van der Waals surface area (Å²) in [6, 6.07) is 12.7. The number of ketones is 1. The molecule has 0 unspecified atom stereocenters. The maximum atomic E-state index is 13.0. The minimum atomic E-state index is -0.0738. The van der Waals surface area contributed by atoms with E-state index in [1.807, 2.05) is 24.3 Å². The summed E-state index contributed by atoms with van der Waals surface area (Å²) in [5, 5.41) is 1.85. The van der Waals surface area contributed by atoms with E-state index in [4.69, 9.17) is 27.9 Å². The van der Waals surface area contributed by atoms with Gasteiger partial charge in [-0.1, -0.05) is 29.3 Å². The second-order valence-electron chi connectivity index (χ2n) is 6.10. The van der Waals surface area contributed by atoms with E-state index in [9.17, 15) is 4.79 Å². The summed E-state index contributed by atoms with van der Waals surface area (Å²) in [4.78, 5) is 20.4. The van der Waals surface area contributed by atoms with Crippen LogP contribution in [0.15, 0.2) is 48.7 Å². The highest BCUT2D eigenvalue weighted by Gasteiger charge is 2.23. The molecule has 4 rings (SSSR count). The highest BCUT2D eigenvalue weighted by Crippen LogP contribution is 2.39. The van der Waals surface area contributed by atoms with Gasteiger partial charge in [-0.15, -0.1) is 11.3 Å². The number of rotatable bonds is 4. The van der Waals surface area contributed by atoms with Crippen LogP contribution in [0.1, 0.15) is 15.2 Å². The number of halogens is 2. The maximum absolute atomic E-state index is 13.0. The molecule has 3 aromatic rings. The van der Waals surface area contributed by atoms with E-state index in [0.717, 1.165) is 29.3 Å². The van der Waals surface area contributed by atoms with Gasteiger partial charge < -0.3 is 9.64 Å². The Morgan fingerprint density at radius 1 is 1.07 bits per heavy atom. The van der Waals surface area contributed by atoms with Crippen LogP contribution in [-0.4, -0.2) is 37.1 Å². The zero-order chi connectivity index (χ0) is 18.8. The van der Waals surface area contributed by atoms with Crippen LogP contribution in [0.25, 0.3) is 11.3 Å². The Hall–Kier alpha value is -1.92. The van der Waals surface area contributed by atoms with Crippen LogP contribution in [0.4, 0.5) is 5.00 Å². The van der Waals surface area contributed by atoms with E-state index in [2.05, 4.69) is 9.88 Å². The third kappa shape index (κ3) is 3.87. The quantitative estimate of drug-likeness (QED) is 0.547. The van der Waals surface area contributed by atoms with Crippen LogP contribution in [0, 0.1) is 0 Å². The second-order valence-corrected chi connectivity index (χ2v) is 7.95. The van der Waals surface area contributed by atoms with Gasteiger partial charge in [-0.3, -0.25) is 9.78 Å². The number of benzene rings is 1. The van der Waals surface area contributed by atoms with Crippen LogP contribution < -0.4 is 4.90 Å². The summed E-state index contributed by atoms with van der Waals surface area (Å²) >= 11 is 13.5. The smallest absolute Gasteiger partial charge is 0.203 e. The molecule has 0 radical (unpaired) electrons. The van der Waals surface area contributed by atoms with Gasteiger partial charge in [0.2, 0.25) is 5.78 Å². The van der Waals surface area contributed by atoms with E-state index in [1.165, 1.54) is 11.3 Å². The van der Waals surface area contributed by atoms with Gasteiger partial charge in [0.15, 0.2) is 0 Å². The summed E-state index contributed by atoms with van der Waals surface area (Å²) in [6.07, 6.45) is 1.76. The number of hydrogen-bond acceptors (Lipinski definition) is 5. The molecule has 1 aromatic carbocycles. The molecule has 1 fully saturated rings. The van der Waals surface area contributed by atoms with Crippen LogP contribution in [0.3, 0.4) is 0 Å². The van der Waals surface area contributed by atoms with Gasteiger partial charge in [-0.25, -0.2) is 0 Å². The minimum Gasteiger partial charge on any atom is -0.378 e. The molecule has 0 amide bonds. The molecule has 1 saturated heterocycles. The fourth-order valence-electron chi connectivity index (χ4n) is 2.98. The predicted octanol–water partition coefficient (Wildman–Crippen LogP) is 5.18. The molecule has 0 atom stereocenters. The second kappa shape index (κ2) is 7.98. The average molecular weight is 419 g/mol. The van der Waals surface area contributed by atoms with Crippen LogP contribution >= 0.6 is 34.5 Å². The molecule has 0 N–H and O–H groups in total. The Labute approximate surface area is 171 Å². The largest absolute Gasteiger partial charge is 0.378 e. The topological polar surface area (TPSA) is 42.4 Å². The van der Waals surface area contributed by atoms with Gasteiger partial charge in [0.25, 0.3) is 0 Å². The number of anilines is 1. The monoisotopic (exact) mass is 418 g/mol. The normalized spacial score (nSPS) is 14.4. The van der Waals surface area contributed by atoms with Crippen molar-refractivity contribution in [3.05, 3.63) is 69.1 Å². The molecule has 7 heteroatoms. The van der Waals surface area contributed by atoms with Crippen LogP contribution in [0.5, 0.6) is 0 Å². The lowest BCUT2D eigenvalue weighted by Gasteiger charge is -2.28. The third-order valence-corrected chi connectivity index (χ3v) is 6.29. The maximum Gasteiger partial charge on any atom is 0.203 e. The predicted molar refractivity (Wildman–Crippen MR) is 110 cm³/mol. The first-order chi connectivity index (χ1) is 13.1. The lowest BCUT2D eigenvalue weighted by Crippen LogP contribution is -2.35. The Bertz CT molecular complexity index is 969. The van der Waals surface area contributed by atoms with Gasteiger partial charge in [0, 0.05) is 30.4 Å². The van der Waals surface area contributed by atoms with E-state index < -0.39 is 0 Å². The van der Waals surface area contributed by atoms with Crippen LogP contribution in [-0.2, 0) is 4.74 Å². The number of carbonyl (C=O) groups is 1. The number of pyridine rings is 1. The molecule has 138 valence electrons. The van der Waals surface area contributed by atoms with Gasteiger partial charge >= 0.3 is 0 Å². The van der Waals surface area contributed by atoms with Crippen molar-refractivity contribution in [1.29, 1.82) is 0 Å². The lowest BCUT2D eigenvalue weighted by molar-refractivity contribution is 0.104. The van der Waals surface area contributed by atoms with Crippen molar-refractivity contribution >= 4 is 45.3 Å². The molecule has 0 bridgehead atoms. The molecule has 1 aliphatic heterocycles. The fourth-order valence-corrected chi connectivity index (χ4v) is 4.46. The number of ether oxygens (including phenoxy) is 1. The fraction of sp³-hybridized carbons (Fsp3) is 0.200. The van der Waals surface area contributed by atoms with E-state index in [1.54, 1.807) is 24.4 Å². The van der Waals surface area contributed by atoms with Crippen LogP contribution in [0.2, 0.25) is 10.0 Å². The molecule has 4 nitrogen and oxygen atoms in total. The van der Waals surface area contributed by atoms with E-state index >= 15 is 0 Å². The summed E-state index contributed by atoms with van der Waals surface area (Å²) in [7, 11) is 0. The first-order valence-electron chi connectivity index (χ1n) is 8.51. The highest BCUT2D eigenvalue weighted by atomic mass is 35.5. The molecular formula is C20H16Cl2N2O2S. The zero-order valence-corrected chi connectivity index (χ0v) is 16.7. The first-order valence-corrected chi connectivity index (χ1v) is 10.1. The number of morpholine rings is 1. The van der Waals surface area contributed by atoms with Crippen molar-refractivity contribution < 1.29 is 9.53 Å². The highest BCUT2D eigenvalue weighted by molar-refractivity contribution is 7.18. The molecule has 0 saturated carbocycles. The summed E-state index contributed by atoms with van der Waals surface area (Å²) in [5.41, 5.74) is 2.33. The third-order valence-electron chi connectivity index (χ3n) is 4.36. The number of thiophene rings is 1. The Morgan fingerprint density at radius 2 is 1.89 bits per heavy atom. The van der Waals surface area contributed by atoms with E-state index in [-0.39, 0.29) is 5.78 Å². The number of hydrogen-bond donors (Lipinski definition) is 0. The van der Waals surface area contributed by atoms with E-state index in [0.29, 0.717) is 33.7 Å². The molecule has 1 aliphatic rings. The van der Waals surface area contributed by atoms with Crippen molar-refractivity contribution in [3.63, 3.8) is 0 Å². The van der Waals surface area contributed by atoms with Crippen molar-refractivity contribution in [3.8, 4) is 11.3 Å². The SMILES string of the molecule is O=C(c1ccc(Cl)c(Cl)c1)c1cc(-c2ccccn2)c(N2CCOCC2)s1. The molecule has 3 heterocycles. The average Bonchev–Trinajstić information content (AvgIpc) is 3.16. The van der Waals surface area contributed by atoms with Crippen molar-refractivity contribution in [1.82, 2.24) is 4.98 Å². The summed E-state index contributed by atoms with van der Waals surface area (Å²) in [6.45, 7) is 2.94. The van der Waals surface area contributed by atoms with Crippen molar-refractivity contribution in [2.75, 3.05) is 31.2 Å².